The van der Waals surface area contributed by atoms with Gasteiger partial charge in [0.1, 0.15) is 0 Å². The van der Waals surface area contributed by atoms with Gasteiger partial charge in [-0.2, -0.15) is 0 Å². The summed E-state index contributed by atoms with van der Waals surface area (Å²) in [5.41, 5.74) is 0. The highest BCUT2D eigenvalue weighted by molar-refractivity contribution is 7.89. The molecule has 0 amide bonds. The fourth-order valence-corrected chi connectivity index (χ4v) is 3.58. The molecule has 3 rings (SSSR count). The van der Waals surface area contributed by atoms with Crippen molar-refractivity contribution in [3.05, 3.63) is 0 Å². The molecular weight excluding hydrogens is 284 g/mol. The van der Waals surface area contributed by atoms with Crippen molar-refractivity contribution < 1.29 is 22.6 Å². The Kier molecular flexibility index (Phi) is 3.42. The van der Waals surface area contributed by atoms with Crippen molar-refractivity contribution in [2.45, 2.75) is 44.1 Å². The Balaban J connectivity index is 1.74. The van der Waals surface area contributed by atoms with E-state index in [9.17, 15) is 8.42 Å². The van der Waals surface area contributed by atoms with Crippen LogP contribution in [-0.2, 0) is 24.2 Å². The Hall–Kier alpha value is -0.860. The SMILES string of the molecule is CCO/C(=N/S(C)(=O)=O)N1C2CCC3(CC21)OCCO3. The van der Waals surface area contributed by atoms with Crippen LogP contribution in [0.5, 0.6) is 0 Å². The molecule has 2 atom stereocenters. The highest BCUT2D eigenvalue weighted by Crippen LogP contribution is 2.48. The summed E-state index contributed by atoms with van der Waals surface area (Å²) < 4.78 is 43.3. The second kappa shape index (κ2) is 4.85. The summed E-state index contributed by atoms with van der Waals surface area (Å²) in [5.74, 6) is -0.474. The van der Waals surface area contributed by atoms with Crippen molar-refractivity contribution in [2.75, 3.05) is 26.1 Å². The maximum absolute atomic E-state index is 11.4. The normalized spacial score (nSPS) is 32.3. The largest absolute Gasteiger partial charge is 0.465 e. The molecule has 2 aliphatic heterocycles. The highest BCUT2D eigenvalue weighted by Gasteiger charge is 2.59. The summed E-state index contributed by atoms with van der Waals surface area (Å²) in [4.78, 5) is 1.93. The second-order valence-electron chi connectivity index (χ2n) is 5.43. The molecular formula is C12H20N2O5S. The first-order chi connectivity index (χ1) is 9.44. The summed E-state index contributed by atoms with van der Waals surface area (Å²) in [7, 11) is -3.46. The fraction of sp³-hybridized carbons (Fsp3) is 0.917. The van der Waals surface area contributed by atoms with Crippen LogP contribution in [0.15, 0.2) is 4.40 Å². The molecule has 7 nitrogen and oxygen atoms in total. The monoisotopic (exact) mass is 304 g/mol. The van der Waals surface area contributed by atoms with Crippen LogP contribution in [0.25, 0.3) is 0 Å². The number of likely N-dealkylation sites (tertiary alicyclic amines) is 1. The van der Waals surface area contributed by atoms with Gasteiger partial charge in [0, 0.05) is 12.8 Å². The molecule has 0 bridgehead atoms. The first-order valence-corrected chi connectivity index (χ1v) is 8.78. The van der Waals surface area contributed by atoms with Gasteiger partial charge in [0.25, 0.3) is 10.0 Å². The van der Waals surface area contributed by atoms with Crippen molar-refractivity contribution in [1.29, 1.82) is 0 Å². The van der Waals surface area contributed by atoms with E-state index in [1.165, 1.54) is 0 Å². The fourth-order valence-electron chi connectivity index (χ4n) is 3.15. The van der Waals surface area contributed by atoms with E-state index >= 15 is 0 Å². The maximum atomic E-state index is 11.4. The average Bonchev–Trinajstić information content (AvgIpc) is 2.87. The molecule has 3 aliphatic rings. The molecule has 0 radical (unpaired) electrons. The topological polar surface area (TPSA) is 77.2 Å². The zero-order valence-electron chi connectivity index (χ0n) is 11.7. The maximum Gasteiger partial charge on any atom is 0.303 e. The molecule has 8 heteroatoms. The molecule has 0 N–H and O–H groups in total. The second-order valence-corrected chi connectivity index (χ2v) is 7.08. The third-order valence-electron chi connectivity index (χ3n) is 3.96. The number of fused-ring (bicyclic) bond motifs is 1. The lowest BCUT2D eigenvalue weighted by Crippen LogP contribution is -2.35. The van der Waals surface area contributed by atoms with Gasteiger partial charge in [-0.05, 0) is 13.3 Å². The van der Waals surface area contributed by atoms with Crippen LogP contribution >= 0.6 is 0 Å². The third kappa shape index (κ3) is 2.64. The van der Waals surface area contributed by atoms with Gasteiger partial charge in [-0.25, -0.2) is 8.42 Å². The van der Waals surface area contributed by atoms with E-state index in [2.05, 4.69) is 4.40 Å². The van der Waals surface area contributed by atoms with Crippen molar-refractivity contribution in [1.82, 2.24) is 4.90 Å². The van der Waals surface area contributed by atoms with Gasteiger partial charge in [0.05, 0.1) is 38.2 Å². The smallest absolute Gasteiger partial charge is 0.303 e. The number of rotatable bonds is 2. The number of nitrogens with zero attached hydrogens (tertiary/aromatic N) is 2. The zero-order valence-corrected chi connectivity index (χ0v) is 12.6. The van der Waals surface area contributed by atoms with Crippen LogP contribution in [0, 0.1) is 0 Å². The first kappa shape index (κ1) is 14.1. The third-order valence-corrected chi connectivity index (χ3v) is 4.45. The molecule has 0 aromatic carbocycles. The minimum absolute atomic E-state index is 0.203. The minimum Gasteiger partial charge on any atom is -0.465 e. The molecule has 20 heavy (non-hydrogen) atoms. The number of hydrogen-bond donors (Lipinski definition) is 0. The van der Waals surface area contributed by atoms with Gasteiger partial charge in [-0.1, -0.05) is 0 Å². The number of sulfonamides is 1. The quantitative estimate of drug-likeness (QED) is 0.415. The molecule has 2 saturated heterocycles. The minimum atomic E-state index is -3.46. The molecule has 1 spiro atoms. The van der Waals surface area contributed by atoms with E-state index in [1.807, 2.05) is 11.8 Å². The Labute approximate surface area is 118 Å². The number of amidine groups is 1. The highest BCUT2D eigenvalue weighted by atomic mass is 32.2. The van der Waals surface area contributed by atoms with E-state index in [4.69, 9.17) is 14.2 Å². The number of ether oxygens (including phenoxy) is 3. The lowest BCUT2D eigenvalue weighted by Gasteiger charge is -2.29. The van der Waals surface area contributed by atoms with Crippen LogP contribution in [0.4, 0.5) is 0 Å². The van der Waals surface area contributed by atoms with Gasteiger partial charge in [-0.15, -0.1) is 4.40 Å². The van der Waals surface area contributed by atoms with Gasteiger partial charge < -0.3 is 19.1 Å². The predicted octanol–water partition coefficient (Wildman–Crippen LogP) is 0.318. The molecule has 0 aromatic heterocycles. The summed E-state index contributed by atoms with van der Waals surface area (Å²) in [6.45, 7) is 3.47. The zero-order chi connectivity index (χ0) is 14.4. The van der Waals surface area contributed by atoms with Crippen molar-refractivity contribution in [3.63, 3.8) is 0 Å². The van der Waals surface area contributed by atoms with E-state index in [-0.39, 0.29) is 12.1 Å². The lowest BCUT2D eigenvalue weighted by atomic mass is 9.94. The van der Waals surface area contributed by atoms with E-state index in [0.29, 0.717) is 25.9 Å². The Morgan fingerprint density at radius 3 is 2.70 bits per heavy atom. The Morgan fingerprint density at radius 2 is 2.10 bits per heavy atom. The Bertz CT molecular complexity index is 512. The van der Waals surface area contributed by atoms with E-state index < -0.39 is 15.8 Å². The van der Waals surface area contributed by atoms with Crippen LogP contribution in [0.2, 0.25) is 0 Å². The van der Waals surface area contributed by atoms with Crippen molar-refractivity contribution in [3.8, 4) is 0 Å². The summed E-state index contributed by atoms with van der Waals surface area (Å²) in [6, 6.07) is 0.703. The molecule has 1 aliphatic carbocycles. The van der Waals surface area contributed by atoms with Gasteiger partial charge in [0.15, 0.2) is 5.79 Å². The van der Waals surface area contributed by atoms with Crippen molar-refractivity contribution >= 4 is 16.0 Å². The summed E-state index contributed by atoms with van der Waals surface area (Å²) in [6.07, 6.45) is 3.56. The summed E-state index contributed by atoms with van der Waals surface area (Å²) >= 11 is 0. The van der Waals surface area contributed by atoms with Crippen LogP contribution in [0.1, 0.15) is 26.2 Å². The molecule has 114 valence electrons. The summed E-state index contributed by atoms with van der Waals surface area (Å²) in [5, 5.41) is 0. The van der Waals surface area contributed by atoms with Crippen LogP contribution < -0.4 is 0 Å². The van der Waals surface area contributed by atoms with Gasteiger partial charge >= 0.3 is 6.02 Å². The van der Waals surface area contributed by atoms with Gasteiger partial charge in [-0.3, -0.25) is 0 Å². The molecule has 3 fully saturated rings. The van der Waals surface area contributed by atoms with Crippen LogP contribution in [-0.4, -0.2) is 63.3 Å². The van der Waals surface area contributed by atoms with E-state index in [1.54, 1.807) is 0 Å². The Morgan fingerprint density at radius 1 is 1.40 bits per heavy atom. The molecule has 2 unspecified atom stereocenters. The molecule has 1 saturated carbocycles. The standard InChI is InChI=1S/C12H20N2O5S/c1-3-17-11(13-20(2,15)16)14-9-4-5-12(8-10(9)14)18-6-7-19-12/h9-10H,3-8H2,1-2H3/b13-11+. The molecule has 2 heterocycles. The first-order valence-electron chi connectivity index (χ1n) is 6.93. The van der Waals surface area contributed by atoms with E-state index in [0.717, 1.165) is 25.5 Å². The lowest BCUT2D eigenvalue weighted by molar-refractivity contribution is -0.172. The van der Waals surface area contributed by atoms with Crippen molar-refractivity contribution in [2.24, 2.45) is 4.40 Å². The van der Waals surface area contributed by atoms with Crippen LogP contribution in [0.3, 0.4) is 0 Å². The molecule has 0 aromatic rings. The predicted molar refractivity (Wildman–Crippen MR) is 71.8 cm³/mol. The number of hydrogen-bond acceptors (Lipinski definition) is 5. The average molecular weight is 304 g/mol. The van der Waals surface area contributed by atoms with Gasteiger partial charge in [0.2, 0.25) is 0 Å².